The molecule has 0 spiro atoms. The highest BCUT2D eigenvalue weighted by Gasteiger charge is 2.15. The predicted octanol–water partition coefficient (Wildman–Crippen LogP) is 0.875. The van der Waals surface area contributed by atoms with Gasteiger partial charge in [0.1, 0.15) is 6.20 Å². The van der Waals surface area contributed by atoms with Crippen molar-refractivity contribution in [3.05, 3.63) is 40.7 Å². The van der Waals surface area contributed by atoms with Crippen molar-refractivity contribution >= 4 is 16.9 Å². The smallest absolute Gasteiger partial charge is 0.338 e. The van der Waals surface area contributed by atoms with Crippen molar-refractivity contribution in [2.75, 3.05) is 0 Å². The highest BCUT2D eigenvalue weighted by atomic mass is 16.5. The molecule has 0 bridgehead atoms. The second-order valence-corrected chi connectivity index (χ2v) is 3.26. The highest BCUT2D eigenvalue weighted by molar-refractivity contribution is 6.01. The third kappa shape index (κ3) is 1.48. The maximum Gasteiger partial charge on any atom is 0.338 e. The second-order valence-electron chi connectivity index (χ2n) is 3.26. The van der Waals surface area contributed by atoms with Gasteiger partial charge in [-0.15, -0.1) is 0 Å². The Kier molecular flexibility index (Phi) is 2.00. The Labute approximate surface area is 85.2 Å². The number of carboxylic acid groups (broad SMARTS) is 1. The van der Waals surface area contributed by atoms with Crippen molar-refractivity contribution in [3.8, 4) is 0 Å². The number of benzene rings is 1. The fourth-order valence-corrected chi connectivity index (χ4v) is 1.44. The van der Waals surface area contributed by atoms with Crippen LogP contribution in [0.5, 0.6) is 0 Å². The molecule has 1 aromatic carbocycles. The molecule has 0 amide bonds. The number of rotatable bonds is 1. The molecule has 2 rings (SSSR count). The quantitative estimate of drug-likeness (QED) is 0.552. The molecule has 0 atom stereocenters. The number of aromatic nitrogens is 2. The Morgan fingerprint density at radius 1 is 1.53 bits per heavy atom. The summed E-state index contributed by atoms with van der Waals surface area (Å²) in [6, 6.07) is 4.99. The SMILES string of the molecule is Cc1ccc2c(C(=O)O)cn[n+]([O-])c2c1. The number of hydrogen-bond acceptors (Lipinski definition) is 3. The van der Waals surface area contributed by atoms with Crippen LogP contribution in [0.15, 0.2) is 24.4 Å². The standard InChI is InChI=1S/C10H8N2O3/c1-6-2-3-7-8(10(13)14)5-11-12(15)9(7)4-6/h2-5H,1H3,(H,13,14). The largest absolute Gasteiger partial charge is 0.594 e. The summed E-state index contributed by atoms with van der Waals surface area (Å²) in [5, 5.41) is 24.1. The fourth-order valence-electron chi connectivity index (χ4n) is 1.44. The molecule has 76 valence electrons. The zero-order valence-electron chi connectivity index (χ0n) is 7.97. The van der Waals surface area contributed by atoms with E-state index in [-0.39, 0.29) is 11.1 Å². The third-order valence-electron chi connectivity index (χ3n) is 2.17. The minimum absolute atomic E-state index is 0.0390. The van der Waals surface area contributed by atoms with Crippen LogP contribution >= 0.6 is 0 Å². The molecule has 0 aliphatic heterocycles. The van der Waals surface area contributed by atoms with Crippen LogP contribution in [0.1, 0.15) is 15.9 Å². The molecular formula is C10H8N2O3. The van der Waals surface area contributed by atoms with Crippen molar-refractivity contribution in [3.63, 3.8) is 0 Å². The van der Waals surface area contributed by atoms with Gasteiger partial charge in [0.05, 0.1) is 10.9 Å². The Hall–Kier alpha value is -2.17. The van der Waals surface area contributed by atoms with Gasteiger partial charge in [-0.25, -0.2) is 4.79 Å². The lowest BCUT2D eigenvalue weighted by molar-refractivity contribution is -0.642. The van der Waals surface area contributed by atoms with E-state index in [0.717, 1.165) is 11.8 Å². The van der Waals surface area contributed by atoms with Crippen LogP contribution < -0.4 is 4.85 Å². The summed E-state index contributed by atoms with van der Waals surface area (Å²) in [6.07, 6.45) is 1.06. The van der Waals surface area contributed by atoms with Crippen LogP contribution in [0.3, 0.4) is 0 Å². The van der Waals surface area contributed by atoms with Gasteiger partial charge in [0.15, 0.2) is 0 Å². The molecule has 0 aliphatic carbocycles. The van der Waals surface area contributed by atoms with Crippen LogP contribution in [0.25, 0.3) is 10.9 Å². The van der Waals surface area contributed by atoms with E-state index in [1.165, 1.54) is 0 Å². The molecule has 1 heterocycles. The van der Waals surface area contributed by atoms with Crippen LogP contribution in [0.4, 0.5) is 0 Å². The summed E-state index contributed by atoms with van der Waals surface area (Å²) < 4.78 is 0. The van der Waals surface area contributed by atoms with Crippen molar-refractivity contribution in [2.24, 2.45) is 0 Å². The van der Waals surface area contributed by atoms with Crippen molar-refractivity contribution in [2.45, 2.75) is 6.92 Å². The first-order valence-corrected chi connectivity index (χ1v) is 4.32. The molecule has 5 heteroatoms. The van der Waals surface area contributed by atoms with Crippen LogP contribution in [0.2, 0.25) is 0 Å². The Morgan fingerprint density at radius 3 is 2.93 bits per heavy atom. The topological polar surface area (TPSA) is 77.1 Å². The number of hydrogen-bond donors (Lipinski definition) is 1. The van der Waals surface area contributed by atoms with E-state index in [9.17, 15) is 10.0 Å². The van der Waals surface area contributed by atoms with E-state index in [1.54, 1.807) is 18.2 Å². The zero-order chi connectivity index (χ0) is 11.0. The first-order chi connectivity index (χ1) is 7.09. The molecular weight excluding hydrogens is 196 g/mol. The molecule has 0 aliphatic rings. The number of aryl methyl sites for hydroxylation is 1. The van der Waals surface area contributed by atoms with Gasteiger partial charge in [0, 0.05) is 11.2 Å². The summed E-state index contributed by atoms with van der Waals surface area (Å²) in [5.74, 6) is -1.09. The number of carboxylic acids is 1. The summed E-state index contributed by atoms with van der Waals surface area (Å²) in [7, 11) is 0. The normalized spacial score (nSPS) is 10.5. The zero-order valence-corrected chi connectivity index (χ0v) is 7.97. The third-order valence-corrected chi connectivity index (χ3v) is 2.17. The predicted molar refractivity (Wildman–Crippen MR) is 52.4 cm³/mol. The summed E-state index contributed by atoms with van der Waals surface area (Å²) in [4.78, 5) is 11.3. The number of carbonyl (C=O) groups is 1. The van der Waals surface area contributed by atoms with Gasteiger partial charge >= 0.3 is 5.97 Å². The minimum atomic E-state index is -1.09. The first-order valence-electron chi connectivity index (χ1n) is 4.32. The van der Waals surface area contributed by atoms with Crippen LogP contribution in [-0.4, -0.2) is 16.2 Å². The van der Waals surface area contributed by atoms with Crippen LogP contribution in [-0.2, 0) is 0 Å². The van der Waals surface area contributed by atoms with E-state index in [0.29, 0.717) is 10.2 Å². The summed E-state index contributed by atoms with van der Waals surface area (Å²) in [5.41, 5.74) is 1.20. The highest BCUT2D eigenvalue weighted by Crippen LogP contribution is 2.15. The number of nitrogens with zero attached hydrogens (tertiary/aromatic N) is 2. The molecule has 0 unspecified atom stereocenters. The van der Waals surface area contributed by atoms with Gasteiger partial charge in [0.25, 0.3) is 5.52 Å². The fraction of sp³-hybridized carbons (Fsp3) is 0.100. The summed E-state index contributed by atoms with van der Waals surface area (Å²) >= 11 is 0. The van der Waals surface area contributed by atoms with Gasteiger partial charge in [-0.1, -0.05) is 10.9 Å². The first kappa shape index (κ1) is 9.39. The monoisotopic (exact) mass is 204 g/mol. The van der Waals surface area contributed by atoms with E-state index in [1.807, 2.05) is 6.92 Å². The lowest BCUT2D eigenvalue weighted by atomic mass is 10.1. The van der Waals surface area contributed by atoms with E-state index in [4.69, 9.17) is 5.11 Å². The molecule has 0 saturated carbocycles. The van der Waals surface area contributed by atoms with Gasteiger partial charge in [-0.05, 0) is 18.6 Å². The van der Waals surface area contributed by atoms with Gasteiger partial charge in [0.2, 0.25) is 0 Å². The molecule has 0 radical (unpaired) electrons. The van der Waals surface area contributed by atoms with Crippen molar-refractivity contribution in [1.29, 1.82) is 0 Å². The lowest BCUT2D eigenvalue weighted by Crippen LogP contribution is -2.32. The Balaban J connectivity index is 2.88. The van der Waals surface area contributed by atoms with Gasteiger partial charge in [-0.3, -0.25) is 0 Å². The molecule has 0 fully saturated rings. The number of fused-ring (bicyclic) bond motifs is 1. The molecule has 1 N–H and O–H groups in total. The van der Waals surface area contributed by atoms with Crippen molar-refractivity contribution < 1.29 is 14.7 Å². The Morgan fingerprint density at radius 2 is 2.27 bits per heavy atom. The average Bonchev–Trinajstić information content (AvgIpc) is 2.19. The Bertz CT molecular complexity index is 552. The lowest BCUT2D eigenvalue weighted by Gasteiger charge is -2.02. The summed E-state index contributed by atoms with van der Waals surface area (Å²) in [6.45, 7) is 1.83. The second kappa shape index (κ2) is 3.20. The van der Waals surface area contributed by atoms with E-state index >= 15 is 0 Å². The number of aromatic carboxylic acids is 1. The van der Waals surface area contributed by atoms with Crippen molar-refractivity contribution in [1.82, 2.24) is 5.10 Å². The maximum absolute atomic E-state index is 11.3. The van der Waals surface area contributed by atoms with Gasteiger partial charge < -0.3 is 10.3 Å². The van der Waals surface area contributed by atoms with Crippen LogP contribution in [0, 0.1) is 12.1 Å². The minimum Gasteiger partial charge on any atom is -0.594 e. The molecule has 2 aromatic rings. The van der Waals surface area contributed by atoms with E-state index in [2.05, 4.69) is 5.10 Å². The molecule has 5 nitrogen and oxygen atoms in total. The molecule has 0 saturated heterocycles. The average molecular weight is 204 g/mol. The molecule has 15 heavy (non-hydrogen) atoms. The molecule has 1 aromatic heterocycles. The van der Waals surface area contributed by atoms with Gasteiger partial charge in [-0.2, -0.15) is 0 Å². The maximum atomic E-state index is 11.3. The van der Waals surface area contributed by atoms with E-state index < -0.39 is 5.97 Å².